The topological polar surface area (TPSA) is 40.0 Å². The fourth-order valence-electron chi connectivity index (χ4n) is 0.993. The van der Waals surface area contributed by atoms with Crippen molar-refractivity contribution in [2.75, 3.05) is 7.11 Å². The van der Waals surface area contributed by atoms with E-state index in [0.29, 0.717) is 5.90 Å². The third kappa shape index (κ3) is 0.586. The van der Waals surface area contributed by atoms with Crippen molar-refractivity contribution < 1.29 is 14.3 Å². The van der Waals surface area contributed by atoms with Crippen LogP contribution in [-0.4, -0.2) is 25.2 Å². The van der Waals surface area contributed by atoms with Crippen molar-refractivity contribution in [1.82, 2.24) is 0 Å². The molecule has 2 heterocycles. The minimum Gasteiger partial charge on any atom is -0.484 e. The van der Waals surface area contributed by atoms with Gasteiger partial charge in [0.05, 0.1) is 13.4 Å². The Kier molecular flexibility index (Phi) is 1.06. The average molecular weight is 141 g/mol. The minimum absolute atomic E-state index is 0.0741. The molecule has 0 saturated heterocycles. The summed E-state index contributed by atoms with van der Waals surface area (Å²) in [6.45, 7) is 0. The van der Waals surface area contributed by atoms with E-state index in [0.717, 1.165) is 0 Å². The van der Waals surface area contributed by atoms with Gasteiger partial charge >= 0.3 is 0 Å². The van der Waals surface area contributed by atoms with Gasteiger partial charge in [0.25, 0.3) is 5.90 Å². The average Bonchev–Trinajstić information content (AvgIpc) is 2.44. The minimum atomic E-state index is -0.148. The van der Waals surface area contributed by atoms with Crippen molar-refractivity contribution in [3.05, 3.63) is 12.3 Å². The molecular weight excluding hydrogens is 134 g/mol. The van der Waals surface area contributed by atoms with Gasteiger partial charge in [0.2, 0.25) is 6.10 Å². The maximum Gasteiger partial charge on any atom is 0.271 e. The van der Waals surface area contributed by atoms with Gasteiger partial charge in [-0.25, -0.2) is 0 Å². The maximum absolute atomic E-state index is 5.12. The molecule has 0 bridgehead atoms. The molecule has 0 amide bonds. The van der Waals surface area contributed by atoms with Crippen molar-refractivity contribution in [3.63, 3.8) is 0 Å². The highest BCUT2D eigenvalue weighted by Gasteiger charge is 2.38. The molecule has 0 saturated carbocycles. The zero-order valence-corrected chi connectivity index (χ0v) is 5.48. The van der Waals surface area contributed by atoms with Crippen LogP contribution >= 0.6 is 0 Å². The molecule has 0 aromatic carbocycles. The second-order valence-electron chi connectivity index (χ2n) is 2.09. The number of methoxy groups -OCH3 is 1. The quantitative estimate of drug-likeness (QED) is 0.485. The van der Waals surface area contributed by atoms with Crippen molar-refractivity contribution in [1.29, 1.82) is 0 Å². The molecule has 0 N–H and O–H groups in total. The van der Waals surface area contributed by atoms with Gasteiger partial charge in [-0.15, -0.1) is 0 Å². The first kappa shape index (κ1) is 5.58. The van der Waals surface area contributed by atoms with Crippen molar-refractivity contribution in [2.24, 2.45) is 5.16 Å². The predicted octanol–water partition coefficient (Wildman–Crippen LogP) is 0.258. The van der Waals surface area contributed by atoms with E-state index in [-0.39, 0.29) is 12.2 Å². The summed E-state index contributed by atoms with van der Waals surface area (Å²) < 4.78 is 10.0. The predicted molar refractivity (Wildman–Crippen MR) is 33.3 cm³/mol. The lowest BCUT2D eigenvalue weighted by molar-refractivity contribution is 0.0665. The molecule has 54 valence electrons. The van der Waals surface area contributed by atoms with Gasteiger partial charge in [-0.05, 0) is 11.2 Å². The van der Waals surface area contributed by atoms with Crippen LogP contribution in [0.2, 0.25) is 0 Å². The molecule has 2 aliphatic rings. The summed E-state index contributed by atoms with van der Waals surface area (Å²) >= 11 is 0. The fraction of sp³-hybridized carbons (Fsp3) is 0.500. The zero-order valence-electron chi connectivity index (χ0n) is 5.48. The van der Waals surface area contributed by atoms with Gasteiger partial charge in [-0.2, -0.15) is 0 Å². The number of rotatable bonds is 0. The van der Waals surface area contributed by atoms with Crippen LogP contribution in [0.15, 0.2) is 17.5 Å². The zero-order chi connectivity index (χ0) is 6.97. The highest BCUT2D eigenvalue weighted by atomic mass is 16.7. The van der Waals surface area contributed by atoms with E-state index in [1.54, 1.807) is 19.4 Å². The van der Waals surface area contributed by atoms with Gasteiger partial charge in [0.15, 0.2) is 6.10 Å². The summed E-state index contributed by atoms with van der Waals surface area (Å²) in [5.41, 5.74) is 0. The van der Waals surface area contributed by atoms with Crippen molar-refractivity contribution in [2.45, 2.75) is 12.2 Å². The van der Waals surface area contributed by atoms with Crippen LogP contribution < -0.4 is 0 Å². The van der Waals surface area contributed by atoms with Crippen LogP contribution in [-0.2, 0) is 14.3 Å². The molecular formula is C6H7NO3. The summed E-state index contributed by atoms with van der Waals surface area (Å²) in [6.07, 6.45) is 3.18. The van der Waals surface area contributed by atoms with Crippen LogP contribution in [0.25, 0.3) is 0 Å². The lowest BCUT2D eigenvalue weighted by Gasteiger charge is -2.06. The second-order valence-corrected chi connectivity index (χ2v) is 2.09. The van der Waals surface area contributed by atoms with Gasteiger partial charge in [0, 0.05) is 0 Å². The monoisotopic (exact) mass is 141 g/mol. The molecule has 4 nitrogen and oxygen atoms in total. The van der Waals surface area contributed by atoms with E-state index in [1.165, 1.54) is 0 Å². The molecule has 2 atom stereocenters. The Bertz CT molecular complexity index is 199. The number of hydrogen-bond donors (Lipinski definition) is 0. The van der Waals surface area contributed by atoms with Crippen LogP contribution in [0.3, 0.4) is 0 Å². The van der Waals surface area contributed by atoms with E-state index >= 15 is 0 Å². The van der Waals surface area contributed by atoms with Gasteiger partial charge in [-0.3, -0.25) is 0 Å². The normalized spacial score (nSPS) is 34.3. The molecule has 2 unspecified atom stereocenters. The summed E-state index contributed by atoms with van der Waals surface area (Å²) in [5.74, 6) is 0.509. The fourth-order valence-corrected chi connectivity index (χ4v) is 0.993. The Balaban J connectivity index is 2.14. The first-order valence-electron chi connectivity index (χ1n) is 3.01. The van der Waals surface area contributed by atoms with Gasteiger partial charge < -0.3 is 14.3 Å². The molecule has 0 aromatic rings. The Morgan fingerprint density at radius 2 is 2.60 bits per heavy atom. The molecule has 4 heteroatoms. The highest BCUT2D eigenvalue weighted by molar-refractivity contribution is 5.83. The van der Waals surface area contributed by atoms with Crippen LogP contribution in [0, 0.1) is 0 Å². The van der Waals surface area contributed by atoms with Crippen LogP contribution in [0.4, 0.5) is 0 Å². The number of ether oxygens (including phenoxy) is 2. The lowest BCUT2D eigenvalue weighted by atomic mass is 10.2. The first-order valence-corrected chi connectivity index (χ1v) is 3.01. The van der Waals surface area contributed by atoms with E-state index in [2.05, 4.69) is 5.16 Å². The number of hydrogen-bond acceptors (Lipinski definition) is 4. The molecule has 0 aliphatic carbocycles. The van der Waals surface area contributed by atoms with Gasteiger partial charge in [0.1, 0.15) is 0 Å². The van der Waals surface area contributed by atoms with Crippen LogP contribution in [0.5, 0.6) is 0 Å². The van der Waals surface area contributed by atoms with Crippen molar-refractivity contribution >= 4 is 5.90 Å². The summed E-state index contributed by atoms with van der Waals surface area (Å²) in [7, 11) is 1.55. The second kappa shape index (κ2) is 1.90. The Labute approximate surface area is 58.1 Å². The standard InChI is InChI=1S/C6H7NO3/c1-8-6-5-4(10-7-6)2-3-9-5/h2-5H,1H3. The largest absolute Gasteiger partial charge is 0.484 e. The summed E-state index contributed by atoms with van der Waals surface area (Å²) in [6, 6.07) is 0. The Morgan fingerprint density at radius 3 is 3.40 bits per heavy atom. The first-order chi connectivity index (χ1) is 4.92. The van der Waals surface area contributed by atoms with E-state index in [4.69, 9.17) is 14.3 Å². The van der Waals surface area contributed by atoms with Gasteiger partial charge in [-0.1, -0.05) is 0 Å². The van der Waals surface area contributed by atoms with E-state index in [1.807, 2.05) is 0 Å². The lowest BCUT2D eigenvalue weighted by Crippen LogP contribution is -2.26. The summed E-state index contributed by atoms with van der Waals surface area (Å²) in [5, 5.41) is 3.66. The summed E-state index contributed by atoms with van der Waals surface area (Å²) in [4.78, 5) is 4.93. The molecule has 2 rings (SSSR count). The van der Waals surface area contributed by atoms with E-state index < -0.39 is 0 Å². The highest BCUT2D eigenvalue weighted by Crippen LogP contribution is 2.21. The molecule has 0 spiro atoms. The molecule has 0 aromatic heterocycles. The van der Waals surface area contributed by atoms with E-state index in [9.17, 15) is 0 Å². The third-order valence-electron chi connectivity index (χ3n) is 1.51. The molecule has 0 radical (unpaired) electrons. The number of oxime groups is 1. The molecule has 10 heavy (non-hydrogen) atoms. The van der Waals surface area contributed by atoms with Crippen molar-refractivity contribution in [3.8, 4) is 0 Å². The maximum atomic E-state index is 5.12. The van der Waals surface area contributed by atoms with Crippen LogP contribution in [0.1, 0.15) is 0 Å². The third-order valence-corrected chi connectivity index (χ3v) is 1.51. The molecule has 0 fully saturated rings. The Hall–Kier alpha value is -1.19. The number of nitrogens with zero attached hydrogens (tertiary/aromatic N) is 1. The Morgan fingerprint density at radius 1 is 1.70 bits per heavy atom. The number of fused-ring (bicyclic) bond motifs is 1. The molecule has 2 aliphatic heterocycles. The SMILES string of the molecule is COC1=NOC2C=COC12. The smallest absolute Gasteiger partial charge is 0.271 e.